The molecule has 1 N–H and O–H groups in total. The molecular weight excluding hydrogens is 424 g/mol. The number of amides is 1. The maximum absolute atomic E-state index is 13.0. The van der Waals surface area contributed by atoms with Gasteiger partial charge in [0.05, 0.1) is 17.3 Å². The van der Waals surface area contributed by atoms with E-state index in [0.29, 0.717) is 10.7 Å². The largest absolute Gasteiger partial charge is 0.340 e. The van der Waals surface area contributed by atoms with Gasteiger partial charge in [-0.05, 0) is 41.3 Å². The normalized spacial score (nSPS) is 11.8. The van der Waals surface area contributed by atoms with Gasteiger partial charge in [0.2, 0.25) is 0 Å². The van der Waals surface area contributed by atoms with Crippen molar-refractivity contribution in [1.82, 2.24) is 14.9 Å². The fourth-order valence-corrected chi connectivity index (χ4v) is 4.00. The highest BCUT2D eigenvalue weighted by Crippen LogP contribution is 2.29. The Hall–Kier alpha value is -3.49. The van der Waals surface area contributed by atoms with Crippen molar-refractivity contribution in [1.29, 1.82) is 0 Å². The molecule has 1 unspecified atom stereocenters. The van der Waals surface area contributed by atoms with Gasteiger partial charge in [-0.25, -0.2) is 4.98 Å². The monoisotopic (exact) mass is 438 g/mol. The van der Waals surface area contributed by atoms with Crippen LogP contribution in [0.15, 0.2) is 78.7 Å². The highest BCUT2D eigenvalue weighted by Gasteiger charge is 2.22. The Kier molecular flexibility index (Phi) is 5.60. The molecule has 30 heavy (non-hydrogen) atoms. The standard InChI is InChI=1S/C21H15ClN4O3S/c22-16-6-3-14(4-7-16)20(19-2-1-11-30-19)24-21(27)15-5-8-17(18(12-15)26(28)29)25-10-9-23-13-25/h1-13,20H,(H,24,27). The summed E-state index contributed by atoms with van der Waals surface area (Å²) in [5.74, 6) is -0.413. The van der Waals surface area contributed by atoms with E-state index in [1.54, 1.807) is 24.4 Å². The number of aromatic nitrogens is 2. The van der Waals surface area contributed by atoms with Crippen LogP contribution in [0.3, 0.4) is 0 Å². The van der Waals surface area contributed by atoms with Gasteiger partial charge < -0.3 is 9.88 Å². The molecule has 150 valence electrons. The molecule has 2 aromatic heterocycles. The van der Waals surface area contributed by atoms with E-state index in [1.165, 1.54) is 40.6 Å². The molecule has 0 saturated carbocycles. The number of nitrogens with zero attached hydrogens (tertiary/aromatic N) is 3. The molecule has 1 atom stereocenters. The average Bonchev–Trinajstić information content (AvgIpc) is 3.46. The summed E-state index contributed by atoms with van der Waals surface area (Å²) in [7, 11) is 0. The van der Waals surface area contributed by atoms with Gasteiger partial charge in [0.1, 0.15) is 5.69 Å². The van der Waals surface area contributed by atoms with Crippen LogP contribution in [0, 0.1) is 10.1 Å². The summed E-state index contributed by atoms with van der Waals surface area (Å²) < 4.78 is 1.53. The quantitative estimate of drug-likeness (QED) is 0.338. The molecule has 0 saturated heterocycles. The highest BCUT2D eigenvalue weighted by molar-refractivity contribution is 7.10. The summed E-state index contributed by atoms with van der Waals surface area (Å²) in [5, 5.41) is 17.1. The van der Waals surface area contributed by atoms with Crippen molar-refractivity contribution in [3.63, 3.8) is 0 Å². The SMILES string of the molecule is O=C(NC(c1ccc(Cl)cc1)c1cccs1)c1ccc(-n2ccnc2)c([N+](=O)[O-])c1. The van der Waals surface area contributed by atoms with Crippen molar-refractivity contribution in [3.05, 3.63) is 110 Å². The van der Waals surface area contributed by atoms with Gasteiger partial charge in [-0.3, -0.25) is 14.9 Å². The second-order valence-electron chi connectivity index (χ2n) is 6.40. The summed E-state index contributed by atoms with van der Waals surface area (Å²) >= 11 is 7.50. The zero-order valence-corrected chi connectivity index (χ0v) is 17.0. The Balaban J connectivity index is 1.67. The number of hydrogen-bond donors (Lipinski definition) is 1. The first kappa shape index (κ1) is 19.8. The number of halogens is 1. The van der Waals surface area contributed by atoms with Crippen LogP contribution >= 0.6 is 22.9 Å². The number of nitro benzene ring substituents is 1. The van der Waals surface area contributed by atoms with Crippen molar-refractivity contribution in [2.24, 2.45) is 0 Å². The number of nitrogens with one attached hydrogen (secondary N) is 1. The Morgan fingerprint density at radius 1 is 1.20 bits per heavy atom. The molecule has 2 aromatic carbocycles. The Labute approximate surface area is 180 Å². The van der Waals surface area contributed by atoms with E-state index in [2.05, 4.69) is 10.3 Å². The van der Waals surface area contributed by atoms with Gasteiger partial charge in [-0.2, -0.15) is 0 Å². The van der Waals surface area contributed by atoms with Gasteiger partial charge in [-0.1, -0.05) is 29.8 Å². The first-order valence-corrected chi connectivity index (χ1v) is 10.1. The Morgan fingerprint density at radius 3 is 2.63 bits per heavy atom. The minimum absolute atomic E-state index is 0.181. The first-order chi connectivity index (χ1) is 14.5. The number of nitro groups is 1. The van der Waals surface area contributed by atoms with Gasteiger partial charge >= 0.3 is 0 Å². The van der Waals surface area contributed by atoms with E-state index in [4.69, 9.17) is 11.6 Å². The molecule has 1 amide bonds. The summed E-state index contributed by atoms with van der Waals surface area (Å²) in [5.41, 5.74) is 1.21. The summed E-state index contributed by atoms with van der Waals surface area (Å²) in [6.07, 6.45) is 4.60. The van der Waals surface area contributed by atoms with Crippen LogP contribution in [0.25, 0.3) is 5.69 Å². The summed E-state index contributed by atoms with van der Waals surface area (Å²) in [4.78, 5) is 28.9. The van der Waals surface area contributed by atoms with Gasteiger partial charge in [0.15, 0.2) is 0 Å². The highest BCUT2D eigenvalue weighted by atomic mass is 35.5. The van der Waals surface area contributed by atoms with E-state index in [1.807, 2.05) is 29.6 Å². The zero-order chi connectivity index (χ0) is 21.1. The maximum Gasteiger partial charge on any atom is 0.294 e. The van der Waals surface area contributed by atoms with Gasteiger partial charge in [0.25, 0.3) is 11.6 Å². The number of carbonyl (C=O) groups is 1. The van der Waals surface area contributed by atoms with Crippen molar-refractivity contribution in [2.45, 2.75) is 6.04 Å². The topological polar surface area (TPSA) is 90.1 Å². The number of benzene rings is 2. The fraction of sp³-hybridized carbons (Fsp3) is 0.0476. The van der Waals surface area contributed by atoms with Crippen molar-refractivity contribution in [2.75, 3.05) is 0 Å². The summed E-state index contributed by atoms with van der Waals surface area (Å²) in [6.45, 7) is 0. The van der Waals surface area contributed by atoms with Crippen LogP contribution in [0.4, 0.5) is 5.69 Å². The third-order valence-electron chi connectivity index (χ3n) is 4.52. The van der Waals surface area contributed by atoms with Crippen LogP contribution in [-0.2, 0) is 0 Å². The van der Waals surface area contributed by atoms with E-state index in [9.17, 15) is 14.9 Å². The van der Waals surface area contributed by atoms with Gasteiger partial charge in [-0.15, -0.1) is 11.3 Å². The van der Waals surface area contributed by atoms with Crippen LogP contribution in [0.5, 0.6) is 0 Å². The fourth-order valence-electron chi connectivity index (χ4n) is 3.07. The molecule has 0 aliphatic carbocycles. The minimum Gasteiger partial charge on any atom is -0.340 e. The van der Waals surface area contributed by atoms with Crippen LogP contribution < -0.4 is 5.32 Å². The molecular formula is C21H15ClN4O3S. The third-order valence-corrected chi connectivity index (χ3v) is 5.71. The lowest BCUT2D eigenvalue weighted by molar-refractivity contribution is -0.384. The van der Waals surface area contributed by atoms with Crippen molar-refractivity contribution >= 4 is 34.5 Å². The predicted molar refractivity (Wildman–Crippen MR) is 115 cm³/mol. The Morgan fingerprint density at radius 2 is 2.00 bits per heavy atom. The molecule has 7 nitrogen and oxygen atoms in total. The molecule has 2 heterocycles. The molecule has 0 radical (unpaired) electrons. The number of hydrogen-bond acceptors (Lipinski definition) is 5. The van der Waals surface area contributed by atoms with E-state index in [-0.39, 0.29) is 11.3 Å². The number of thiophene rings is 1. The predicted octanol–water partition coefficient (Wildman–Crippen LogP) is 5.01. The Bertz CT molecular complexity index is 1180. The molecule has 0 aliphatic rings. The maximum atomic E-state index is 13.0. The van der Waals surface area contributed by atoms with Crippen LogP contribution in [0.2, 0.25) is 5.02 Å². The summed E-state index contributed by atoms with van der Waals surface area (Å²) in [6, 6.07) is 15.0. The van der Waals surface area contributed by atoms with Crippen LogP contribution in [-0.4, -0.2) is 20.4 Å². The molecule has 0 bridgehead atoms. The lowest BCUT2D eigenvalue weighted by Gasteiger charge is -2.18. The van der Waals surface area contributed by atoms with Crippen molar-refractivity contribution < 1.29 is 9.72 Å². The van der Waals surface area contributed by atoms with Crippen LogP contribution in [0.1, 0.15) is 26.8 Å². The second-order valence-corrected chi connectivity index (χ2v) is 7.82. The second kappa shape index (κ2) is 8.48. The molecule has 0 fully saturated rings. The lowest BCUT2D eigenvalue weighted by atomic mass is 10.0. The zero-order valence-electron chi connectivity index (χ0n) is 15.4. The molecule has 4 rings (SSSR count). The average molecular weight is 439 g/mol. The number of rotatable bonds is 6. The first-order valence-electron chi connectivity index (χ1n) is 8.89. The molecule has 0 spiro atoms. The smallest absolute Gasteiger partial charge is 0.294 e. The lowest BCUT2D eigenvalue weighted by Crippen LogP contribution is -2.29. The minimum atomic E-state index is -0.512. The molecule has 9 heteroatoms. The molecule has 0 aliphatic heterocycles. The van der Waals surface area contributed by atoms with E-state index in [0.717, 1.165) is 10.4 Å². The number of carbonyl (C=O) groups excluding carboxylic acids is 1. The van der Waals surface area contributed by atoms with E-state index < -0.39 is 16.9 Å². The van der Waals surface area contributed by atoms with Crippen molar-refractivity contribution in [3.8, 4) is 5.69 Å². The van der Waals surface area contributed by atoms with E-state index >= 15 is 0 Å². The molecule has 4 aromatic rings. The third kappa shape index (κ3) is 4.10. The van der Waals surface area contributed by atoms with Gasteiger partial charge in [0, 0.05) is 33.9 Å². The number of imidazole rings is 1.